The lowest BCUT2D eigenvalue weighted by molar-refractivity contribution is -0.120. The summed E-state index contributed by atoms with van der Waals surface area (Å²) in [5.41, 5.74) is 1.94. The maximum absolute atomic E-state index is 11.9. The van der Waals surface area contributed by atoms with Crippen molar-refractivity contribution >= 4 is 34.7 Å². The van der Waals surface area contributed by atoms with Gasteiger partial charge in [0.1, 0.15) is 5.82 Å². The highest BCUT2D eigenvalue weighted by atomic mass is 35.5. The molecular formula is C19H19ClN4OS. The highest BCUT2D eigenvalue weighted by Gasteiger charge is 2.09. The molecule has 0 radical (unpaired) electrons. The lowest BCUT2D eigenvalue weighted by atomic mass is 10.1. The number of rotatable bonds is 8. The van der Waals surface area contributed by atoms with Crippen LogP contribution in [0, 0.1) is 0 Å². The topological polar surface area (TPSA) is 66.9 Å². The lowest BCUT2D eigenvalue weighted by Gasteiger charge is -2.10. The van der Waals surface area contributed by atoms with Crippen molar-refractivity contribution < 1.29 is 4.79 Å². The number of carbonyl (C=O) groups is 1. The Hall–Kier alpha value is -2.44. The molecule has 7 heteroatoms. The average Bonchev–Trinajstić information content (AvgIpc) is 3.17. The minimum Gasteiger partial charge on any atom is -0.369 e. The van der Waals surface area contributed by atoms with Crippen LogP contribution in [0.25, 0.3) is 10.4 Å². The number of halogens is 1. The fourth-order valence-corrected chi connectivity index (χ4v) is 3.34. The normalized spacial score (nSPS) is 10.5. The van der Waals surface area contributed by atoms with E-state index in [1.807, 2.05) is 47.8 Å². The molecule has 0 spiro atoms. The van der Waals surface area contributed by atoms with Crippen LogP contribution >= 0.6 is 22.9 Å². The molecule has 3 rings (SSSR count). The zero-order chi connectivity index (χ0) is 18.2. The van der Waals surface area contributed by atoms with E-state index in [0.29, 0.717) is 25.3 Å². The van der Waals surface area contributed by atoms with Crippen molar-refractivity contribution in [3.8, 4) is 10.4 Å². The molecule has 5 nitrogen and oxygen atoms in total. The lowest BCUT2D eigenvalue weighted by Crippen LogP contribution is -2.27. The number of hydrogen-bond donors (Lipinski definition) is 2. The summed E-state index contributed by atoms with van der Waals surface area (Å²) in [6, 6.07) is 13.7. The Morgan fingerprint density at radius 2 is 1.96 bits per heavy atom. The van der Waals surface area contributed by atoms with E-state index in [0.717, 1.165) is 22.4 Å². The predicted octanol–water partition coefficient (Wildman–Crippen LogP) is 4.02. The Bertz CT molecular complexity index is 840. The number of aromatic nitrogens is 2. The van der Waals surface area contributed by atoms with Crippen molar-refractivity contribution in [3.05, 3.63) is 64.9 Å². The Balaban J connectivity index is 1.45. The SMILES string of the molecule is O=C(Cc1ccccc1)NCCCNc1nc(Cl)ncc1-c1cccs1. The summed E-state index contributed by atoms with van der Waals surface area (Å²) in [7, 11) is 0. The summed E-state index contributed by atoms with van der Waals surface area (Å²) < 4.78 is 0. The maximum atomic E-state index is 11.9. The second-order valence-electron chi connectivity index (χ2n) is 5.67. The molecule has 1 amide bonds. The van der Waals surface area contributed by atoms with Gasteiger partial charge in [-0.2, -0.15) is 0 Å². The molecule has 26 heavy (non-hydrogen) atoms. The Kier molecular flexibility index (Phi) is 6.57. The molecule has 0 bridgehead atoms. The van der Waals surface area contributed by atoms with E-state index < -0.39 is 0 Å². The fraction of sp³-hybridized carbons (Fsp3) is 0.211. The third kappa shape index (κ3) is 5.28. The summed E-state index contributed by atoms with van der Waals surface area (Å²) >= 11 is 7.55. The molecule has 3 aromatic rings. The van der Waals surface area contributed by atoms with Crippen molar-refractivity contribution in [3.63, 3.8) is 0 Å². The molecule has 134 valence electrons. The van der Waals surface area contributed by atoms with E-state index in [9.17, 15) is 4.79 Å². The van der Waals surface area contributed by atoms with Gasteiger partial charge in [0.15, 0.2) is 0 Å². The van der Waals surface area contributed by atoms with Gasteiger partial charge in [0.05, 0.1) is 12.0 Å². The van der Waals surface area contributed by atoms with Crippen LogP contribution in [0.3, 0.4) is 0 Å². The average molecular weight is 387 g/mol. The molecule has 0 saturated heterocycles. The van der Waals surface area contributed by atoms with E-state index in [1.54, 1.807) is 17.5 Å². The number of benzene rings is 1. The highest BCUT2D eigenvalue weighted by molar-refractivity contribution is 7.13. The van der Waals surface area contributed by atoms with Gasteiger partial charge in [-0.15, -0.1) is 11.3 Å². The summed E-state index contributed by atoms with van der Waals surface area (Å²) in [5, 5.41) is 8.44. The van der Waals surface area contributed by atoms with Gasteiger partial charge in [-0.05, 0) is 35.0 Å². The number of nitrogens with one attached hydrogen (secondary N) is 2. The first kappa shape index (κ1) is 18.4. The van der Waals surface area contributed by atoms with Crippen molar-refractivity contribution in [2.45, 2.75) is 12.8 Å². The van der Waals surface area contributed by atoms with Crippen LogP contribution in [0.4, 0.5) is 5.82 Å². The van der Waals surface area contributed by atoms with E-state index in [4.69, 9.17) is 11.6 Å². The van der Waals surface area contributed by atoms with Gasteiger partial charge in [0, 0.05) is 24.2 Å². The van der Waals surface area contributed by atoms with Crippen LogP contribution in [0.15, 0.2) is 54.0 Å². The zero-order valence-electron chi connectivity index (χ0n) is 14.1. The van der Waals surface area contributed by atoms with Crippen LogP contribution in [-0.4, -0.2) is 29.0 Å². The Labute approximate surface area is 161 Å². The van der Waals surface area contributed by atoms with Gasteiger partial charge in [0.25, 0.3) is 0 Å². The minimum atomic E-state index is 0.0283. The smallest absolute Gasteiger partial charge is 0.224 e. The molecule has 0 fully saturated rings. The molecule has 0 atom stereocenters. The highest BCUT2D eigenvalue weighted by Crippen LogP contribution is 2.30. The molecule has 0 aliphatic heterocycles. The van der Waals surface area contributed by atoms with Crippen LogP contribution in [-0.2, 0) is 11.2 Å². The van der Waals surface area contributed by atoms with Crippen LogP contribution in [0.2, 0.25) is 5.28 Å². The molecular weight excluding hydrogens is 368 g/mol. The van der Waals surface area contributed by atoms with Crippen molar-refractivity contribution in [1.82, 2.24) is 15.3 Å². The predicted molar refractivity (Wildman–Crippen MR) is 107 cm³/mol. The number of anilines is 1. The Morgan fingerprint density at radius 1 is 1.12 bits per heavy atom. The second kappa shape index (κ2) is 9.31. The van der Waals surface area contributed by atoms with Gasteiger partial charge in [-0.3, -0.25) is 4.79 Å². The number of carbonyl (C=O) groups excluding carboxylic acids is 1. The molecule has 0 aliphatic carbocycles. The molecule has 1 aromatic carbocycles. The molecule has 2 heterocycles. The first-order valence-electron chi connectivity index (χ1n) is 8.33. The van der Waals surface area contributed by atoms with Crippen molar-refractivity contribution in [2.24, 2.45) is 0 Å². The van der Waals surface area contributed by atoms with Crippen LogP contribution < -0.4 is 10.6 Å². The fourth-order valence-electron chi connectivity index (χ4n) is 2.47. The number of nitrogens with zero attached hydrogens (tertiary/aromatic N) is 2. The van der Waals surface area contributed by atoms with E-state index in [2.05, 4.69) is 20.6 Å². The quantitative estimate of drug-likeness (QED) is 0.453. The monoisotopic (exact) mass is 386 g/mol. The number of hydrogen-bond acceptors (Lipinski definition) is 5. The maximum Gasteiger partial charge on any atom is 0.224 e. The molecule has 2 aromatic heterocycles. The second-order valence-corrected chi connectivity index (χ2v) is 6.96. The van der Waals surface area contributed by atoms with Crippen LogP contribution in [0.5, 0.6) is 0 Å². The number of thiophene rings is 1. The van der Waals surface area contributed by atoms with Gasteiger partial charge in [0.2, 0.25) is 11.2 Å². The van der Waals surface area contributed by atoms with E-state index in [-0.39, 0.29) is 11.2 Å². The molecule has 0 unspecified atom stereocenters. The van der Waals surface area contributed by atoms with E-state index >= 15 is 0 Å². The van der Waals surface area contributed by atoms with Crippen LogP contribution in [0.1, 0.15) is 12.0 Å². The van der Waals surface area contributed by atoms with Gasteiger partial charge in [-0.25, -0.2) is 9.97 Å². The summed E-state index contributed by atoms with van der Waals surface area (Å²) in [6.07, 6.45) is 2.91. The standard InChI is InChI=1S/C19H19ClN4OS/c20-19-23-13-15(16-8-4-11-26-16)18(24-19)22-10-5-9-21-17(25)12-14-6-2-1-3-7-14/h1-4,6-8,11,13H,5,9-10,12H2,(H,21,25)(H,22,23,24). The summed E-state index contributed by atoms with van der Waals surface area (Å²) in [5.74, 6) is 0.739. The third-order valence-electron chi connectivity index (χ3n) is 3.72. The largest absolute Gasteiger partial charge is 0.369 e. The Morgan fingerprint density at radius 3 is 2.73 bits per heavy atom. The van der Waals surface area contributed by atoms with Gasteiger partial charge in [-0.1, -0.05) is 36.4 Å². The van der Waals surface area contributed by atoms with Crippen molar-refractivity contribution in [1.29, 1.82) is 0 Å². The third-order valence-corrected chi connectivity index (χ3v) is 4.81. The first-order valence-corrected chi connectivity index (χ1v) is 9.59. The van der Waals surface area contributed by atoms with Gasteiger partial charge < -0.3 is 10.6 Å². The number of amides is 1. The summed E-state index contributed by atoms with van der Waals surface area (Å²) in [6.45, 7) is 1.28. The first-order chi connectivity index (χ1) is 12.7. The zero-order valence-corrected chi connectivity index (χ0v) is 15.7. The van der Waals surface area contributed by atoms with E-state index in [1.165, 1.54) is 0 Å². The molecule has 2 N–H and O–H groups in total. The minimum absolute atomic E-state index is 0.0283. The summed E-state index contributed by atoms with van der Waals surface area (Å²) in [4.78, 5) is 21.4. The molecule has 0 saturated carbocycles. The van der Waals surface area contributed by atoms with Crippen molar-refractivity contribution in [2.75, 3.05) is 18.4 Å². The molecule has 0 aliphatic rings. The van der Waals surface area contributed by atoms with Gasteiger partial charge >= 0.3 is 0 Å².